The largest absolute Gasteiger partial charge is 0.534 e. The van der Waals surface area contributed by atoms with E-state index in [2.05, 4.69) is 0 Å². The standard InChI is InChI=1S/C24H24N2O11/c27-19-15-11-1-2-12(9-11)16(15)20(28)25(19)36-23(31)34-7-5-33-6-8-35-24(32)37-26-21(29)17-13-3-4-14(10-13)18(17)22(26)30/h1-4,11-14,27-30H,5-10H2. The van der Waals surface area contributed by atoms with E-state index in [1.165, 1.54) is 0 Å². The van der Waals surface area contributed by atoms with Crippen LogP contribution in [0, 0.1) is 0 Å². The highest BCUT2D eigenvalue weighted by Gasteiger charge is 2.43. The number of aromatic nitrogens is 2. The van der Waals surface area contributed by atoms with Gasteiger partial charge in [-0.2, -0.15) is 0 Å². The smallest absolute Gasteiger partial charge is 0.492 e. The zero-order chi connectivity index (χ0) is 25.8. The molecule has 4 bridgehead atoms. The second-order valence-electron chi connectivity index (χ2n) is 9.20. The quantitative estimate of drug-likeness (QED) is 0.230. The fraction of sp³-hybridized carbons (Fsp3) is 0.417. The molecule has 4 aliphatic rings. The molecule has 2 heterocycles. The lowest BCUT2D eigenvalue weighted by Crippen LogP contribution is -2.23. The molecule has 4 aliphatic carbocycles. The first kappa shape index (κ1) is 23.2. The Kier molecular flexibility index (Phi) is 5.44. The van der Waals surface area contributed by atoms with Crippen LogP contribution in [0.4, 0.5) is 9.59 Å². The van der Waals surface area contributed by atoms with Gasteiger partial charge >= 0.3 is 12.3 Å². The van der Waals surface area contributed by atoms with Crippen LogP contribution in [0.3, 0.4) is 0 Å². The Labute approximate surface area is 209 Å². The van der Waals surface area contributed by atoms with Gasteiger partial charge in [-0.05, 0) is 12.8 Å². The zero-order valence-corrected chi connectivity index (χ0v) is 19.4. The highest BCUT2D eigenvalue weighted by atomic mass is 16.8. The molecule has 0 saturated carbocycles. The van der Waals surface area contributed by atoms with Crippen molar-refractivity contribution in [2.75, 3.05) is 26.4 Å². The van der Waals surface area contributed by atoms with Gasteiger partial charge in [-0.15, -0.1) is 9.46 Å². The Morgan fingerprint density at radius 1 is 0.622 bits per heavy atom. The van der Waals surface area contributed by atoms with Crippen LogP contribution in [0.5, 0.6) is 23.5 Å². The van der Waals surface area contributed by atoms with Gasteiger partial charge in [0.05, 0.1) is 13.2 Å². The topological polar surface area (TPSA) is 171 Å². The number of fused-ring (bicyclic) bond motifs is 10. The van der Waals surface area contributed by atoms with Gasteiger partial charge in [0.1, 0.15) is 13.2 Å². The van der Waals surface area contributed by atoms with Crippen molar-refractivity contribution >= 4 is 12.3 Å². The van der Waals surface area contributed by atoms with E-state index in [0.29, 0.717) is 31.7 Å². The van der Waals surface area contributed by atoms with Gasteiger partial charge in [-0.3, -0.25) is 9.68 Å². The highest BCUT2D eigenvalue weighted by Crippen LogP contribution is 2.57. The van der Waals surface area contributed by atoms with Crippen LogP contribution in [-0.4, -0.2) is 68.6 Å². The van der Waals surface area contributed by atoms with Crippen LogP contribution in [0.25, 0.3) is 0 Å². The number of hydrogen-bond donors (Lipinski definition) is 4. The van der Waals surface area contributed by atoms with Gasteiger partial charge in [-0.25, -0.2) is 9.59 Å². The van der Waals surface area contributed by atoms with E-state index >= 15 is 0 Å². The normalized spacial score (nSPS) is 23.4. The Hall–Kier alpha value is -4.26. The number of carbonyl (C=O) groups excluding carboxylic acids is 2. The maximum absolute atomic E-state index is 11.9. The summed E-state index contributed by atoms with van der Waals surface area (Å²) in [5, 5.41) is 41.3. The molecule has 6 rings (SSSR count). The van der Waals surface area contributed by atoms with Crippen molar-refractivity contribution < 1.29 is 53.9 Å². The Morgan fingerprint density at radius 2 is 0.946 bits per heavy atom. The minimum atomic E-state index is -1.15. The number of allylic oxidation sites excluding steroid dienone is 4. The van der Waals surface area contributed by atoms with E-state index in [1.54, 1.807) is 0 Å². The van der Waals surface area contributed by atoms with E-state index in [1.807, 2.05) is 24.3 Å². The van der Waals surface area contributed by atoms with E-state index in [4.69, 9.17) is 23.9 Å². The van der Waals surface area contributed by atoms with Crippen LogP contribution in [0.15, 0.2) is 24.3 Å². The predicted octanol–water partition coefficient (Wildman–Crippen LogP) is 2.24. The van der Waals surface area contributed by atoms with Crippen LogP contribution < -0.4 is 9.68 Å². The summed E-state index contributed by atoms with van der Waals surface area (Å²) in [5.74, 6) is -1.43. The number of carbonyl (C=O) groups is 2. The Balaban J connectivity index is 0.893. The molecule has 0 amide bonds. The summed E-state index contributed by atoms with van der Waals surface area (Å²) in [6.07, 6.45) is 7.01. The molecule has 2 aromatic rings. The first-order chi connectivity index (χ1) is 17.8. The van der Waals surface area contributed by atoms with Crippen molar-refractivity contribution in [2.24, 2.45) is 0 Å². The van der Waals surface area contributed by atoms with Gasteiger partial charge in [-0.1, -0.05) is 24.3 Å². The number of aromatic hydroxyl groups is 4. The van der Waals surface area contributed by atoms with Crippen molar-refractivity contribution in [3.63, 3.8) is 0 Å². The molecule has 4 atom stereocenters. The van der Waals surface area contributed by atoms with Crippen molar-refractivity contribution in [3.8, 4) is 23.5 Å². The molecule has 13 heteroatoms. The Bertz CT molecular complexity index is 1170. The SMILES string of the molecule is O=C(OCCOCCOC(=O)On1c(O)c2c(c1O)C1C=CC2C1)On1c(O)c2c(c1O)C1C=CC2C1. The van der Waals surface area contributed by atoms with Crippen LogP contribution >= 0.6 is 0 Å². The number of ether oxygens (including phenoxy) is 3. The molecule has 0 aliphatic heterocycles. The van der Waals surface area contributed by atoms with Gasteiger partial charge in [0.15, 0.2) is 0 Å². The molecule has 0 radical (unpaired) electrons. The second kappa shape index (κ2) is 8.69. The van der Waals surface area contributed by atoms with E-state index < -0.39 is 12.3 Å². The third-order valence-electron chi connectivity index (χ3n) is 7.19. The first-order valence-corrected chi connectivity index (χ1v) is 11.8. The summed E-state index contributed by atoms with van der Waals surface area (Å²) in [6.45, 7) is -0.510. The third kappa shape index (κ3) is 3.65. The molecule has 37 heavy (non-hydrogen) atoms. The molecule has 2 aromatic heterocycles. The van der Waals surface area contributed by atoms with Crippen LogP contribution in [0.2, 0.25) is 0 Å². The monoisotopic (exact) mass is 516 g/mol. The van der Waals surface area contributed by atoms with Gasteiger partial charge in [0.2, 0.25) is 23.5 Å². The molecule has 196 valence electrons. The van der Waals surface area contributed by atoms with Crippen molar-refractivity contribution in [1.82, 2.24) is 9.46 Å². The highest BCUT2D eigenvalue weighted by molar-refractivity contribution is 5.64. The molecule has 13 nitrogen and oxygen atoms in total. The lowest BCUT2D eigenvalue weighted by Gasteiger charge is -2.10. The summed E-state index contributed by atoms with van der Waals surface area (Å²) in [7, 11) is 0. The molecular formula is C24H24N2O11. The fourth-order valence-corrected chi connectivity index (χ4v) is 5.68. The lowest BCUT2D eigenvalue weighted by atomic mass is 10.0. The van der Waals surface area contributed by atoms with E-state index in [9.17, 15) is 30.0 Å². The van der Waals surface area contributed by atoms with Crippen molar-refractivity contribution in [2.45, 2.75) is 36.5 Å². The van der Waals surface area contributed by atoms with Gasteiger partial charge in [0, 0.05) is 45.9 Å². The number of nitrogens with zero attached hydrogens (tertiary/aromatic N) is 2. The summed E-state index contributed by atoms with van der Waals surface area (Å²) in [5.41, 5.74) is 2.20. The molecular weight excluding hydrogens is 492 g/mol. The predicted molar refractivity (Wildman–Crippen MR) is 121 cm³/mol. The zero-order valence-electron chi connectivity index (χ0n) is 19.4. The first-order valence-electron chi connectivity index (χ1n) is 11.8. The van der Waals surface area contributed by atoms with Crippen LogP contribution in [-0.2, 0) is 14.2 Å². The second-order valence-corrected chi connectivity index (χ2v) is 9.20. The third-order valence-corrected chi connectivity index (χ3v) is 7.19. The summed E-state index contributed by atoms with van der Waals surface area (Å²) in [4.78, 5) is 33.7. The number of hydrogen-bond acceptors (Lipinski definition) is 11. The van der Waals surface area contributed by atoms with Gasteiger partial charge in [0.25, 0.3) is 0 Å². The van der Waals surface area contributed by atoms with E-state index in [-0.39, 0.29) is 73.6 Å². The van der Waals surface area contributed by atoms with Crippen molar-refractivity contribution in [3.05, 3.63) is 46.6 Å². The molecule has 0 fully saturated rings. The average molecular weight is 516 g/mol. The Morgan fingerprint density at radius 3 is 1.27 bits per heavy atom. The van der Waals surface area contributed by atoms with Crippen LogP contribution in [0.1, 0.15) is 58.8 Å². The molecule has 0 saturated heterocycles. The minimum Gasteiger partial charge on any atom is -0.492 e. The maximum Gasteiger partial charge on any atom is 0.534 e. The van der Waals surface area contributed by atoms with Crippen molar-refractivity contribution in [1.29, 1.82) is 0 Å². The minimum absolute atomic E-state index is 0.0208. The van der Waals surface area contributed by atoms with E-state index in [0.717, 1.165) is 12.8 Å². The molecule has 0 aromatic carbocycles. The summed E-state index contributed by atoms with van der Waals surface area (Å²) in [6, 6.07) is 0. The fourth-order valence-electron chi connectivity index (χ4n) is 5.68. The molecule has 4 unspecified atom stereocenters. The lowest BCUT2D eigenvalue weighted by molar-refractivity contribution is -0.00330. The average Bonchev–Trinajstić information content (AvgIpc) is 3.72. The number of rotatable bonds is 8. The summed E-state index contributed by atoms with van der Waals surface area (Å²) >= 11 is 0. The molecule has 4 N–H and O–H groups in total. The molecule has 0 spiro atoms. The summed E-state index contributed by atoms with van der Waals surface area (Å²) < 4.78 is 16.2. The maximum atomic E-state index is 11.9. The van der Waals surface area contributed by atoms with Gasteiger partial charge < -0.3 is 34.6 Å².